The highest BCUT2D eigenvalue weighted by Gasteiger charge is 2.29. The molecule has 1 N–H and O–H groups in total. The van der Waals surface area contributed by atoms with Crippen molar-refractivity contribution in [3.8, 4) is 0 Å². The monoisotopic (exact) mass is 155 g/mol. The van der Waals surface area contributed by atoms with Crippen LogP contribution < -0.4 is 0 Å². The summed E-state index contributed by atoms with van der Waals surface area (Å²) in [6.45, 7) is 5.65. The van der Waals surface area contributed by atoms with Crippen LogP contribution in [-0.2, 0) is 0 Å². The van der Waals surface area contributed by atoms with Crippen LogP contribution in [0.15, 0.2) is 12.7 Å². The molecule has 1 fully saturated rings. The van der Waals surface area contributed by atoms with Crippen molar-refractivity contribution >= 4 is 0 Å². The van der Waals surface area contributed by atoms with Gasteiger partial charge in [-0.25, -0.2) is 0 Å². The first-order valence-electron chi connectivity index (χ1n) is 4.18. The quantitative estimate of drug-likeness (QED) is 0.602. The molecule has 0 amide bonds. The average molecular weight is 155 g/mol. The number of piperidine rings is 1. The van der Waals surface area contributed by atoms with Crippen LogP contribution in [0.4, 0.5) is 0 Å². The number of aliphatic hydroxyl groups is 1. The molecule has 2 heteroatoms. The van der Waals surface area contributed by atoms with Gasteiger partial charge in [-0.2, -0.15) is 0 Å². The van der Waals surface area contributed by atoms with Gasteiger partial charge in [0, 0.05) is 13.1 Å². The maximum atomic E-state index is 9.89. The molecule has 0 aromatic rings. The SMILES string of the molecule is C=CCC1(O)CCN(C)CC1. The van der Waals surface area contributed by atoms with Crippen LogP contribution in [0.5, 0.6) is 0 Å². The Balaban J connectivity index is 2.41. The van der Waals surface area contributed by atoms with E-state index >= 15 is 0 Å². The third kappa shape index (κ3) is 2.31. The highest BCUT2D eigenvalue weighted by atomic mass is 16.3. The zero-order chi connectivity index (χ0) is 8.32. The van der Waals surface area contributed by atoms with Gasteiger partial charge in [-0.3, -0.25) is 0 Å². The first kappa shape index (κ1) is 8.75. The van der Waals surface area contributed by atoms with Crippen molar-refractivity contribution in [2.45, 2.75) is 24.9 Å². The summed E-state index contributed by atoms with van der Waals surface area (Å²) in [7, 11) is 2.09. The van der Waals surface area contributed by atoms with Gasteiger partial charge in [-0.1, -0.05) is 6.08 Å². The molecule has 1 aliphatic heterocycles. The number of hydrogen-bond donors (Lipinski definition) is 1. The summed E-state index contributed by atoms with van der Waals surface area (Å²) >= 11 is 0. The maximum Gasteiger partial charge on any atom is 0.0706 e. The molecule has 1 aliphatic rings. The maximum absolute atomic E-state index is 9.89. The Kier molecular flexibility index (Phi) is 2.68. The van der Waals surface area contributed by atoms with Crippen molar-refractivity contribution in [3.63, 3.8) is 0 Å². The van der Waals surface area contributed by atoms with E-state index in [1.165, 1.54) is 0 Å². The lowest BCUT2D eigenvalue weighted by Crippen LogP contribution is -2.42. The van der Waals surface area contributed by atoms with Crippen LogP contribution in [-0.4, -0.2) is 35.7 Å². The minimum absolute atomic E-state index is 0.450. The predicted molar refractivity (Wildman–Crippen MR) is 46.5 cm³/mol. The Morgan fingerprint density at radius 1 is 1.55 bits per heavy atom. The molecule has 2 nitrogen and oxygen atoms in total. The molecule has 0 atom stereocenters. The molecule has 11 heavy (non-hydrogen) atoms. The molecule has 64 valence electrons. The number of likely N-dealkylation sites (tertiary alicyclic amines) is 1. The second-order valence-corrected chi connectivity index (χ2v) is 3.52. The van der Waals surface area contributed by atoms with Crippen LogP contribution >= 0.6 is 0 Å². The third-order valence-electron chi connectivity index (χ3n) is 2.44. The van der Waals surface area contributed by atoms with Crippen LogP contribution in [0.2, 0.25) is 0 Å². The van der Waals surface area contributed by atoms with Crippen molar-refractivity contribution in [1.29, 1.82) is 0 Å². The second-order valence-electron chi connectivity index (χ2n) is 3.52. The second kappa shape index (κ2) is 3.37. The van der Waals surface area contributed by atoms with E-state index < -0.39 is 5.60 Å². The summed E-state index contributed by atoms with van der Waals surface area (Å²) < 4.78 is 0. The van der Waals surface area contributed by atoms with Crippen molar-refractivity contribution in [3.05, 3.63) is 12.7 Å². The normalized spacial score (nSPS) is 24.9. The largest absolute Gasteiger partial charge is 0.389 e. The topological polar surface area (TPSA) is 23.5 Å². The fourth-order valence-electron chi connectivity index (χ4n) is 1.51. The molecule has 1 saturated heterocycles. The van der Waals surface area contributed by atoms with E-state index in [0.717, 1.165) is 32.4 Å². The Hall–Kier alpha value is -0.340. The Morgan fingerprint density at radius 2 is 2.09 bits per heavy atom. The zero-order valence-corrected chi connectivity index (χ0v) is 7.21. The van der Waals surface area contributed by atoms with Gasteiger partial charge in [0.1, 0.15) is 0 Å². The summed E-state index contributed by atoms with van der Waals surface area (Å²) in [4.78, 5) is 2.25. The van der Waals surface area contributed by atoms with Crippen molar-refractivity contribution in [1.82, 2.24) is 4.90 Å². The molecule has 0 spiro atoms. The van der Waals surface area contributed by atoms with Gasteiger partial charge < -0.3 is 10.0 Å². The molecule has 0 saturated carbocycles. The van der Waals surface area contributed by atoms with Crippen molar-refractivity contribution in [2.24, 2.45) is 0 Å². The van der Waals surface area contributed by atoms with Crippen LogP contribution in [0.3, 0.4) is 0 Å². The fourth-order valence-corrected chi connectivity index (χ4v) is 1.51. The van der Waals surface area contributed by atoms with Crippen LogP contribution in [0, 0.1) is 0 Å². The highest BCUT2D eigenvalue weighted by Crippen LogP contribution is 2.24. The summed E-state index contributed by atoms with van der Waals surface area (Å²) in [6.07, 6.45) is 4.32. The molecule has 0 bridgehead atoms. The predicted octanol–water partition coefficient (Wildman–Crippen LogP) is 1.02. The van der Waals surface area contributed by atoms with Gasteiger partial charge in [0.2, 0.25) is 0 Å². The van der Waals surface area contributed by atoms with Gasteiger partial charge in [0.25, 0.3) is 0 Å². The van der Waals surface area contributed by atoms with Gasteiger partial charge >= 0.3 is 0 Å². The third-order valence-corrected chi connectivity index (χ3v) is 2.44. The number of hydrogen-bond acceptors (Lipinski definition) is 2. The molecule has 1 heterocycles. The summed E-state index contributed by atoms with van der Waals surface area (Å²) in [5.41, 5.74) is -0.450. The van der Waals surface area contributed by atoms with E-state index in [1.807, 2.05) is 6.08 Å². The Bertz CT molecular complexity index is 136. The lowest BCUT2D eigenvalue weighted by Gasteiger charge is -2.35. The Morgan fingerprint density at radius 3 is 2.55 bits per heavy atom. The van der Waals surface area contributed by atoms with E-state index in [9.17, 15) is 5.11 Å². The number of nitrogens with zero attached hydrogens (tertiary/aromatic N) is 1. The molecule has 1 rings (SSSR count). The molecule has 0 aromatic carbocycles. The lowest BCUT2D eigenvalue weighted by atomic mass is 9.88. The van der Waals surface area contributed by atoms with Crippen LogP contribution in [0.25, 0.3) is 0 Å². The first-order valence-corrected chi connectivity index (χ1v) is 4.18. The molecule has 0 aliphatic carbocycles. The van der Waals surface area contributed by atoms with Gasteiger partial charge in [0.05, 0.1) is 5.60 Å². The smallest absolute Gasteiger partial charge is 0.0706 e. The molecule has 0 unspecified atom stereocenters. The number of rotatable bonds is 2. The summed E-state index contributed by atoms with van der Waals surface area (Å²) in [5.74, 6) is 0. The van der Waals surface area contributed by atoms with E-state index in [4.69, 9.17) is 0 Å². The highest BCUT2D eigenvalue weighted by molar-refractivity contribution is 4.90. The van der Waals surface area contributed by atoms with E-state index in [0.29, 0.717) is 0 Å². The van der Waals surface area contributed by atoms with Gasteiger partial charge in [0.15, 0.2) is 0 Å². The first-order chi connectivity index (χ1) is 5.16. The van der Waals surface area contributed by atoms with Gasteiger partial charge in [-0.15, -0.1) is 6.58 Å². The van der Waals surface area contributed by atoms with Crippen molar-refractivity contribution < 1.29 is 5.11 Å². The van der Waals surface area contributed by atoms with E-state index in [2.05, 4.69) is 18.5 Å². The Labute approximate surface area is 68.5 Å². The van der Waals surface area contributed by atoms with E-state index in [-0.39, 0.29) is 0 Å². The minimum Gasteiger partial charge on any atom is -0.389 e. The van der Waals surface area contributed by atoms with E-state index in [1.54, 1.807) is 0 Å². The van der Waals surface area contributed by atoms with Gasteiger partial charge in [-0.05, 0) is 26.3 Å². The molecule has 0 aromatic heterocycles. The fraction of sp³-hybridized carbons (Fsp3) is 0.778. The summed E-state index contributed by atoms with van der Waals surface area (Å²) in [5, 5.41) is 9.89. The zero-order valence-electron chi connectivity index (χ0n) is 7.21. The standard InChI is InChI=1S/C9H17NO/c1-3-4-9(11)5-7-10(2)8-6-9/h3,11H,1,4-8H2,2H3. The summed E-state index contributed by atoms with van der Waals surface area (Å²) in [6, 6.07) is 0. The average Bonchev–Trinajstić information content (AvgIpc) is 1.97. The minimum atomic E-state index is -0.450. The molecular weight excluding hydrogens is 138 g/mol. The van der Waals surface area contributed by atoms with Crippen molar-refractivity contribution in [2.75, 3.05) is 20.1 Å². The lowest BCUT2D eigenvalue weighted by molar-refractivity contribution is -0.0127. The molecule has 0 radical (unpaired) electrons. The molecular formula is C9H17NO. The van der Waals surface area contributed by atoms with Crippen LogP contribution in [0.1, 0.15) is 19.3 Å².